The highest BCUT2D eigenvalue weighted by molar-refractivity contribution is 7.99. The van der Waals surface area contributed by atoms with Crippen molar-refractivity contribution in [2.75, 3.05) is 24.8 Å². The van der Waals surface area contributed by atoms with Crippen LogP contribution in [0.2, 0.25) is 0 Å². The molecule has 0 aliphatic carbocycles. The van der Waals surface area contributed by atoms with E-state index in [1.165, 1.54) is 23.9 Å². The van der Waals surface area contributed by atoms with E-state index in [9.17, 15) is 9.18 Å². The van der Waals surface area contributed by atoms with Crippen LogP contribution in [0.3, 0.4) is 0 Å². The largest absolute Gasteiger partial charge is 0.383 e. The number of nitrogens with zero attached hydrogens (tertiary/aromatic N) is 3. The van der Waals surface area contributed by atoms with E-state index in [1.54, 1.807) is 19.2 Å². The number of rotatable bonds is 9. The number of hydrogen-bond acceptors (Lipinski definition) is 5. The smallest absolute Gasteiger partial charge is 0.234 e. The van der Waals surface area contributed by atoms with Crippen LogP contribution in [-0.2, 0) is 22.5 Å². The van der Waals surface area contributed by atoms with Crippen molar-refractivity contribution in [3.63, 3.8) is 0 Å². The van der Waals surface area contributed by atoms with Crippen molar-refractivity contribution in [2.45, 2.75) is 18.1 Å². The number of hydrogen-bond donors (Lipinski definition) is 1. The third-order valence-corrected chi connectivity index (χ3v) is 4.93. The SMILES string of the molecule is COCCn1c(Cc2ccccc2)nnc1SCC(=O)Nc1cccc(F)c1. The van der Waals surface area contributed by atoms with Crippen molar-refractivity contribution >= 4 is 23.4 Å². The van der Waals surface area contributed by atoms with Gasteiger partial charge in [0.1, 0.15) is 11.6 Å². The highest BCUT2D eigenvalue weighted by atomic mass is 32.2. The van der Waals surface area contributed by atoms with Crippen LogP contribution in [0.15, 0.2) is 59.8 Å². The fraction of sp³-hybridized carbons (Fsp3) is 0.250. The zero-order chi connectivity index (χ0) is 19.8. The Morgan fingerprint density at radius 2 is 2.00 bits per heavy atom. The Bertz CT molecular complexity index is 918. The first-order valence-electron chi connectivity index (χ1n) is 8.79. The Kier molecular flexibility index (Phi) is 7.16. The number of benzene rings is 2. The second-order valence-electron chi connectivity index (χ2n) is 6.05. The van der Waals surface area contributed by atoms with Crippen LogP contribution in [0, 0.1) is 5.82 Å². The molecule has 28 heavy (non-hydrogen) atoms. The highest BCUT2D eigenvalue weighted by Gasteiger charge is 2.15. The molecular formula is C20H21FN4O2S. The summed E-state index contributed by atoms with van der Waals surface area (Å²) in [5.74, 6) is 0.334. The van der Waals surface area contributed by atoms with Gasteiger partial charge in [0.25, 0.3) is 0 Å². The predicted octanol–water partition coefficient (Wildman–Crippen LogP) is 3.39. The Morgan fingerprint density at radius 3 is 2.75 bits per heavy atom. The number of nitrogens with one attached hydrogen (secondary N) is 1. The Hall–Kier alpha value is -2.71. The third kappa shape index (κ3) is 5.64. The molecule has 0 fully saturated rings. The number of aromatic nitrogens is 3. The normalized spacial score (nSPS) is 10.8. The molecule has 0 saturated carbocycles. The summed E-state index contributed by atoms with van der Waals surface area (Å²) in [6.45, 7) is 1.11. The molecule has 2 aromatic carbocycles. The zero-order valence-electron chi connectivity index (χ0n) is 15.5. The molecule has 0 radical (unpaired) electrons. The number of carbonyl (C=O) groups is 1. The van der Waals surface area contributed by atoms with Crippen molar-refractivity contribution < 1.29 is 13.9 Å². The number of thioether (sulfide) groups is 1. The lowest BCUT2D eigenvalue weighted by molar-refractivity contribution is -0.113. The van der Waals surface area contributed by atoms with Gasteiger partial charge >= 0.3 is 0 Å². The first kappa shape index (κ1) is 20.0. The number of anilines is 1. The van der Waals surface area contributed by atoms with Gasteiger partial charge in [-0.3, -0.25) is 4.79 Å². The maximum absolute atomic E-state index is 13.2. The standard InChI is InChI=1S/C20H21FN4O2S/c1-27-11-10-25-18(12-15-6-3-2-4-7-15)23-24-20(25)28-14-19(26)22-17-9-5-8-16(21)13-17/h2-9,13H,10-12,14H2,1H3,(H,22,26). The first-order valence-corrected chi connectivity index (χ1v) is 9.77. The number of methoxy groups -OCH3 is 1. The molecular weight excluding hydrogens is 379 g/mol. The van der Waals surface area contributed by atoms with E-state index < -0.39 is 5.82 Å². The van der Waals surface area contributed by atoms with Crippen molar-refractivity contribution in [3.05, 3.63) is 71.8 Å². The second-order valence-corrected chi connectivity index (χ2v) is 7.00. The molecule has 8 heteroatoms. The number of halogens is 1. The summed E-state index contributed by atoms with van der Waals surface area (Å²) in [6, 6.07) is 15.8. The van der Waals surface area contributed by atoms with E-state index in [1.807, 2.05) is 34.9 Å². The van der Waals surface area contributed by atoms with Crippen molar-refractivity contribution in [1.29, 1.82) is 0 Å². The van der Waals surface area contributed by atoms with Gasteiger partial charge in [-0.2, -0.15) is 0 Å². The summed E-state index contributed by atoms with van der Waals surface area (Å²) in [5.41, 5.74) is 1.56. The molecule has 1 amide bonds. The molecule has 3 aromatic rings. The van der Waals surface area contributed by atoms with Gasteiger partial charge in [0, 0.05) is 25.8 Å². The van der Waals surface area contributed by atoms with Crippen LogP contribution in [-0.4, -0.2) is 40.1 Å². The third-order valence-electron chi connectivity index (χ3n) is 3.96. The average molecular weight is 400 g/mol. The van der Waals surface area contributed by atoms with Gasteiger partial charge in [0.15, 0.2) is 5.16 Å². The van der Waals surface area contributed by atoms with Crippen molar-refractivity contribution in [1.82, 2.24) is 14.8 Å². The zero-order valence-corrected chi connectivity index (χ0v) is 16.3. The maximum Gasteiger partial charge on any atom is 0.234 e. The van der Waals surface area contributed by atoms with Gasteiger partial charge in [-0.05, 0) is 23.8 Å². The van der Waals surface area contributed by atoms with Crippen molar-refractivity contribution in [3.8, 4) is 0 Å². The molecule has 6 nitrogen and oxygen atoms in total. The first-order chi connectivity index (χ1) is 13.7. The molecule has 0 unspecified atom stereocenters. The van der Waals surface area contributed by atoms with Gasteiger partial charge < -0.3 is 14.6 Å². The number of amides is 1. The topological polar surface area (TPSA) is 69.0 Å². The molecule has 0 spiro atoms. The van der Waals surface area contributed by atoms with Crippen LogP contribution >= 0.6 is 11.8 Å². The molecule has 1 aromatic heterocycles. The monoisotopic (exact) mass is 400 g/mol. The summed E-state index contributed by atoms with van der Waals surface area (Å²) >= 11 is 1.29. The van der Waals surface area contributed by atoms with E-state index in [0.29, 0.717) is 30.4 Å². The Morgan fingerprint density at radius 1 is 1.18 bits per heavy atom. The van der Waals surface area contributed by atoms with E-state index in [4.69, 9.17) is 4.74 Å². The van der Waals surface area contributed by atoms with E-state index in [-0.39, 0.29) is 11.7 Å². The average Bonchev–Trinajstić information content (AvgIpc) is 3.07. The van der Waals surface area contributed by atoms with Crippen LogP contribution in [0.25, 0.3) is 0 Å². The van der Waals surface area contributed by atoms with Crippen LogP contribution < -0.4 is 5.32 Å². The lowest BCUT2D eigenvalue weighted by atomic mass is 10.1. The van der Waals surface area contributed by atoms with Crippen molar-refractivity contribution in [2.24, 2.45) is 0 Å². The van der Waals surface area contributed by atoms with Gasteiger partial charge in [-0.25, -0.2) is 4.39 Å². The minimum absolute atomic E-state index is 0.146. The molecule has 0 bridgehead atoms. The molecule has 146 valence electrons. The molecule has 1 N–H and O–H groups in total. The summed E-state index contributed by atoms with van der Waals surface area (Å²) in [5, 5.41) is 11.9. The summed E-state index contributed by atoms with van der Waals surface area (Å²) in [7, 11) is 1.64. The Balaban J connectivity index is 1.66. The molecule has 0 aliphatic heterocycles. The minimum Gasteiger partial charge on any atom is -0.383 e. The molecule has 0 saturated heterocycles. The Labute approximate surface area is 167 Å². The molecule has 1 heterocycles. The lowest BCUT2D eigenvalue weighted by Gasteiger charge is -2.10. The van der Waals surface area contributed by atoms with E-state index in [2.05, 4.69) is 15.5 Å². The van der Waals surface area contributed by atoms with Crippen LogP contribution in [0.5, 0.6) is 0 Å². The highest BCUT2D eigenvalue weighted by Crippen LogP contribution is 2.19. The van der Waals surface area contributed by atoms with Gasteiger partial charge in [0.05, 0.1) is 12.4 Å². The van der Waals surface area contributed by atoms with E-state index in [0.717, 1.165) is 11.4 Å². The van der Waals surface area contributed by atoms with Gasteiger partial charge in [-0.15, -0.1) is 10.2 Å². The molecule has 3 rings (SSSR count). The fourth-order valence-electron chi connectivity index (χ4n) is 2.64. The fourth-order valence-corrected chi connectivity index (χ4v) is 3.42. The van der Waals surface area contributed by atoms with Crippen LogP contribution in [0.4, 0.5) is 10.1 Å². The summed E-state index contributed by atoms with van der Waals surface area (Å²) in [6.07, 6.45) is 0.646. The quantitative estimate of drug-likeness (QED) is 0.558. The summed E-state index contributed by atoms with van der Waals surface area (Å²) in [4.78, 5) is 12.2. The number of carbonyl (C=O) groups excluding carboxylic acids is 1. The maximum atomic E-state index is 13.2. The van der Waals surface area contributed by atoms with Crippen LogP contribution in [0.1, 0.15) is 11.4 Å². The van der Waals surface area contributed by atoms with Gasteiger partial charge in [0.2, 0.25) is 5.91 Å². The van der Waals surface area contributed by atoms with E-state index >= 15 is 0 Å². The second kappa shape index (κ2) is 10.0. The summed E-state index contributed by atoms with van der Waals surface area (Å²) < 4.78 is 20.4. The predicted molar refractivity (Wildman–Crippen MR) is 107 cm³/mol. The molecule has 0 aliphatic rings. The van der Waals surface area contributed by atoms with Gasteiger partial charge in [-0.1, -0.05) is 48.2 Å². The molecule has 0 atom stereocenters. The minimum atomic E-state index is -0.393. The lowest BCUT2D eigenvalue weighted by Crippen LogP contribution is -2.15. The number of ether oxygens (including phenoxy) is 1.